The monoisotopic (exact) mass is 919 g/mol. The molecule has 0 aliphatic carbocycles. The predicted octanol–water partition coefficient (Wildman–Crippen LogP) is 17.2. The lowest BCUT2D eigenvalue weighted by Crippen LogP contribution is -2.30. The second-order valence-electron chi connectivity index (χ2n) is 16.3. The van der Waals surface area contributed by atoms with Crippen LogP contribution in [0.4, 0.5) is 0 Å². The summed E-state index contributed by atoms with van der Waals surface area (Å²) in [6.45, 7) is 6.21. The standard InChI is InChI=1S/C61H90O6/c1-4-7-10-13-16-19-22-25-27-29-30-32-33-36-39-42-45-48-51-54-60(63)66-57-58(56-65-59(62)53-50-47-44-41-38-35-24-21-18-15-12-9-6-3)67-61(64)55-52-49-46-43-40-37-34-31-28-26-23-20-17-14-11-8-5-2/h7-8,10-11,13-14,16-17,19-20,22-23,25-40,58H,4-6,9,12,15,18,21,24,41-57H2,1-3H3/b10-7-,11-8-,16-13-,17-14-,22-19-,23-20-,27-25-,28-26-,30-29+,33-32-,34-31+,38-35-,39-36-,40-37-. The first-order chi connectivity index (χ1) is 33.0. The van der Waals surface area contributed by atoms with E-state index < -0.39 is 6.10 Å². The molecular weight excluding hydrogens is 829 g/mol. The van der Waals surface area contributed by atoms with Gasteiger partial charge in [-0.25, -0.2) is 0 Å². The van der Waals surface area contributed by atoms with E-state index in [9.17, 15) is 14.4 Å². The molecule has 0 bridgehead atoms. The third-order valence-electron chi connectivity index (χ3n) is 10.0. The van der Waals surface area contributed by atoms with E-state index >= 15 is 0 Å². The first kappa shape index (κ1) is 61.8. The Balaban J connectivity index is 4.65. The van der Waals surface area contributed by atoms with Crippen molar-refractivity contribution in [1.82, 2.24) is 0 Å². The van der Waals surface area contributed by atoms with Gasteiger partial charge < -0.3 is 14.2 Å². The van der Waals surface area contributed by atoms with Crippen LogP contribution in [0.2, 0.25) is 0 Å². The summed E-state index contributed by atoms with van der Waals surface area (Å²) < 4.78 is 16.7. The Morgan fingerprint density at radius 3 is 0.955 bits per heavy atom. The van der Waals surface area contributed by atoms with E-state index in [0.717, 1.165) is 83.5 Å². The Morgan fingerprint density at radius 1 is 0.313 bits per heavy atom. The van der Waals surface area contributed by atoms with Gasteiger partial charge in [-0.2, -0.15) is 0 Å². The summed E-state index contributed by atoms with van der Waals surface area (Å²) in [4.78, 5) is 38.0. The second kappa shape index (κ2) is 53.4. The van der Waals surface area contributed by atoms with Crippen LogP contribution < -0.4 is 0 Å². The zero-order chi connectivity index (χ0) is 48.6. The van der Waals surface area contributed by atoms with Gasteiger partial charge in [0, 0.05) is 19.3 Å². The van der Waals surface area contributed by atoms with Gasteiger partial charge in [-0.05, 0) is 83.5 Å². The SMILES string of the molecule is CC\C=C/C=C\C=C/C=C\C=C\C=C/C=C\CCCCCC(=O)OCC(COC(=O)CCCCC/C=C\CCCCCCCC)OC(=O)CCCCC\C=C/C=C/C=C\C=C/C=C\C=C/CC. The van der Waals surface area contributed by atoms with Crippen LogP contribution >= 0.6 is 0 Å². The average molecular weight is 919 g/mol. The number of esters is 3. The van der Waals surface area contributed by atoms with Crippen molar-refractivity contribution >= 4 is 17.9 Å². The molecule has 0 aliphatic heterocycles. The number of unbranched alkanes of at least 4 members (excludes halogenated alkanes) is 15. The summed E-state index contributed by atoms with van der Waals surface area (Å²) in [5, 5.41) is 0. The lowest BCUT2D eigenvalue weighted by molar-refractivity contribution is -0.167. The highest BCUT2D eigenvalue weighted by atomic mass is 16.6. The zero-order valence-corrected chi connectivity index (χ0v) is 42.1. The van der Waals surface area contributed by atoms with Crippen molar-refractivity contribution < 1.29 is 28.6 Å². The van der Waals surface area contributed by atoms with E-state index in [1.807, 2.05) is 134 Å². The molecule has 1 atom stereocenters. The van der Waals surface area contributed by atoms with Gasteiger partial charge in [0.15, 0.2) is 6.10 Å². The number of hydrogen-bond donors (Lipinski definition) is 0. The summed E-state index contributed by atoms with van der Waals surface area (Å²) in [6.07, 6.45) is 79.0. The van der Waals surface area contributed by atoms with Gasteiger partial charge in [0.05, 0.1) is 0 Å². The largest absolute Gasteiger partial charge is 0.462 e. The average Bonchev–Trinajstić information content (AvgIpc) is 3.33. The number of allylic oxidation sites excluding steroid dienone is 28. The molecule has 1 unspecified atom stereocenters. The van der Waals surface area contributed by atoms with Crippen LogP contribution in [0.3, 0.4) is 0 Å². The van der Waals surface area contributed by atoms with Crippen molar-refractivity contribution in [3.63, 3.8) is 0 Å². The lowest BCUT2D eigenvalue weighted by Gasteiger charge is -2.18. The number of carbonyl (C=O) groups excluding carboxylic acids is 3. The molecule has 0 fully saturated rings. The van der Waals surface area contributed by atoms with Crippen molar-refractivity contribution in [2.45, 2.75) is 181 Å². The Morgan fingerprint density at radius 2 is 0.597 bits per heavy atom. The zero-order valence-electron chi connectivity index (χ0n) is 42.1. The van der Waals surface area contributed by atoms with Gasteiger partial charge >= 0.3 is 17.9 Å². The smallest absolute Gasteiger partial charge is 0.306 e. The van der Waals surface area contributed by atoms with Crippen LogP contribution in [0.5, 0.6) is 0 Å². The number of rotatable bonds is 43. The van der Waals surface area contributed by atoms with Crippen LogP contribution in [0, 0.1) is 0 Å². The molecule has 0 aromatic carbocycles. The van der Waals surface area contributed by atoms with Crippen molar-refractivity contribution in [1.29, 1.82) is 0 Å². The Hall–Kier alpha value is -5.23. The fraction of sp³-hybridized carbons (Fsp3) is 0.492. The normalized spacial score (nSPS) is 13.5. The highest BCUT2D eigenvalue weighted by Gasteiger charge is 2.19. The van der Waals surface area contributed by atoms with Gasteiger partial charge in [-0.3, -0.25) is 14.4 Å². The maximum absolute atomic E-state index is 12.8. The maximum atomic E-state index is 12.8. The predicted molar refractivity (Wildman–Crippen MR) is 288 cm³/mol. The molecule has 0 saturated carbocycles. The molecule has 0 aromatic heterocycles. The van der Waals surface area contributed by atoms with Crippen LogP contribution in [0.15, 0.2) is 170 Å². The van der Waals surface area contributed by atoms with Gasteiger partial charge in [0.1, 0.15) is 13.2 Å². The molecule has 0 rings (SSSR count). The maximum Gasteiger partial charge on any atom is 0.306 e. The summed E-state index contributed by atoms with van der Waals surface area (Å²) >= 11 is 0. The minimum Gasteiger partial charge on any atom is -0.462 e. The second-order valence-corrected chi connectivity index (χ2v) is 16.3. The van der Waals surface area contributed by atoms with E-state index in [1.165, 1.54) is 38.5 Å². The van der Waals surface area contributed by atoms with E-state index in [0.29, 0.717) is 19.3 Å². The van der Waals surface area contributed by atoms with E-state index in [-0.39, 0.29) is 44.0 Å². The molecule has 6 nitrogen and oxygen atoms in total. The fourth-order valence-electron chi connectivity index (χ4n) is 6.21. The van der Waals surface area contributed by atoms with Crippen LogP contribution in [-0.2, 0) is 28.6 Å². The van der Waals surface area contributed by atoms with Crippen LogP contribution in [0.25, 0.3) is 0 Å². The molecule has 6 heteroatoms. The highest BCUT2D eigenvalue weighted by molar-refractivity contribution is 5.71. The summed E-state index contributed by atoms with van der Waals surface area (Å²) in [5.41, 5.74) is 0. The van der Waals surface area contributed by atoms with Crippen molar-refractivity contribution in [3.8, 4) is 0 Å². The molecule has 0 spiro atoms. The van der Waals surface area contributed by atoms with Crippen LogP contribution in [-0.4, -0.2) is 37.2 Å². The van der Waals surface area contributed by atoms with Gasteiger partial charge in [0.25, 0.3) is 0 Å². The Labute approximate surface area is 409 Å². The quantitative estimate of drug-likeness (QED) is 0.0199. The molecule has 0 saturated heterocycles. The first-order valence-electron chi connectivity index (χ1n) is 25.8. The molecule has 0 heterocycles. The van der Waals surface area contributed by atoms with Crippen molar-refractivity contribution in [2.75, 3.05) is 13.2 Å². The molecule has 0 radical (unpaired) electrons. The van der Waals surface area contributed by atoms with Gasteiger partial charge in [-0.1, -0.05) is 242 Å². The molecule has 0 N–H and O–H groups in total. The molecule has 370 valence electrons. The molecule has 0 aliphatic rings. The number of hydrogen-bond acceptors (Lipinski definition) is 6. The molecule has 0 amide bonds. The van der Waals surface area contributed by atoms with Crippen molar-refractivity contribution in [3.05, 3.63) is 170 Å². The third kappa shape index (κ3) is 51.6. The molecule has 0 aromatic rings. The summed E-state index contributed by atoms with van der Waals surface area (Å²) in [6, 6.07) is 0. The first-order valence-corrected chi connectivity index (χ1v) is 25.8. The van der Waals surface area contributed by atoms with E-state index in [4.69, 9.17) is 14.2 Å². The van der Waals surface area contributed by atoms with Gasteiger partial charge in [-0.15, -0.1) is 0 Å². The number of ether oxygens (including phenoxy) is 3. The van der Waals surface area contributed by atoms with E-state index in [1.54, 1.807) is 0 Å². The topological polar surface area (TPSA) is 78.9 Å². The fourth-order valence-corrected chi connectivity index (χ4v) is 6.21. The van der Waals surface area contributed by atoms with Crippen molar-refractivity contribution in [2.24, 2.45) is 0 Å². The Bertz CT molecular complexity index is 1620. The number of carbonyl (C=O) groups is 3. The minimum absolute atomic E-state index is 0.129. The van der Waals surface area contributed by atoms with E-state index in [2.05, 4.69) is 57.2 Å². The summed E-state index contributed by atoms with van der Waals surface area (Å²) in [5.74, 6) is -1.05. The lowest BCUT2D eigenvalue weighted by atomic mass is 10.1. The van der Waals surface area contributed by atoms with Gasteiger partial charge in [0.2, 0.25) is 0 Å². The minimum atomic E-state index is -0.836. The highest BCUT2D eigenvalue weighted by Crippen LogP contribution is 2.12. The molecular formula is C61H90O6. The Kier molecular flexibility index (Phi) is 49.2. The summed E-state index contributed by atoms with van der Waals surface area (Å²) in [7, 11) is 0. The third-order valence-corrected chi connectivity index (χ3v) is 10.0. The van der Waals surface area contributed by atoms with Crippen LogP contribution in [0.1, 0.15) is 175 Å². The molecule has 67 heavy (non-hydrogen) atoms.